The largest absolute Gasteiger partial charge is 0.392 e. The average molecular weight is 335 g/mol. The number of hydrogen-bond donors (Lipinski definition) is 3. The molecule has 0 radical (unpaired) electrons. The van der Waals surface area contributed by atoms with Crippen molar-refractivity contribution in [2.24, 2.45) is 0 Å². The molecule has 3 N–H and O–H groups in total. The Bertz CT molecular complexity index is 767. The first-order chi connectivity index (χ1) is 9.42. The van der Waals surface area contributed by atoms with Crippen molar-refractivity contribution < 1.29 is 13.5 Å². The first kappa shape index (κ1) is 15.2. The number of H-pyrrole nitrogens is 1. The molecule has 20 heavy (non-hydrogen) atoms. The Morgan fingerprint density at radius 3 is 2.75 bits per heavy atom. The number of aliphatic hydroxyl groups excluding tert-OH is 1. The molecule has 0 aliphatic carbocycles. The molecule has 108 valence electrons. The normalized spacial score (nSPS) is 11.7. The summed E-state index contributed by atoms with van der Waals surface area (Å²) in [6.45, 7) is -0.321. The van der Waals surface area contributed by atoms with Crippen LogP contribution in [0.2, 0.25) is 5.02 Å². The standard InChI is InChI=1S/C11H11ClN2O4S2/c12-9-2-1-7(5-15)3-10(9)20(17,18)13-4-8-6-19-11(16)14-8/h1-3,6,13,15H,4-5H2,(H,14,16). The SMILES string of the molecule is O=c1[nH]c(CNS(=O)(=O)c2cc(CO)ccc2Cl)cs1. The van der Waals surface area contributed by atoms with Crippen LogP contribution in [0.4, 0.5) is 0 Å². The van der Waals surface area contributed by atoms with Gasteiger partial charge in [-0.05, 0) is 17.7 Å². The van der Waals surface area contributed by atoms with Crippen molar-refractivity contribution in [1.82, 2.24) is 9.71 Å². The number of sulfonamides is 1. The van der Waals surface area contributed by atoms with Gasteiger partial charge in [-0.3, -0.25) is 4.79 Å². The minimum Gasteiger partial charge on any atom is -0.392 e. The van der Waals surface area contributed by atoms with E-state index in [9.17, 15) is 13.2 Å². The maximum Gasteiger partial charge on any atom is 0.304 e. The molecule has 0 atom stereocenters. The van der Waals surface area contributed by atoms with E-state index in [0.29, 0.717) is 11.3 Å². The van der Waals surface area contributed by atoms with Gasteiger partial charge in [0.1, 0.15) is 4.90 Å². The van der Waals surface area contributed by atoms with Gasteiger partial charge in [-0.15, -0.1) is 0 Å². The summed E-state index contributed by atoms with van der Waals surface area (Å²) in [5.41, 5.74) is 0.914. The molecule has 1 aromatic heterocycles. The fraction of sp³-hybridized carbons (Fsp3) is 0.182. The van der Waals surface area contributed by atoms with Crippen LogP contribution >= 0.6 is 22.9 Å². The molecule has 0 saturated heterocycles. The van der Waals surface area contributed by atoms with Crippen LogP contribution in [0, 0.1) is 0 Å². The zero-order valence-electron chi connectivity index (χ0n) is 10.1. The maximum absolute atomic E-state index is 12.1. The number of nitrogens with one attached hydrogen (secondary N) is 2. The maximum atomic E-state index is 12.1. The summed E-state index contributed by atoms with van der Waals surface area (Å²) < 4.78 is 26.6. The summed E-state index contributed by atoms with van der Waals surface area (Å²) in [6.07, 6.45) is 0. The lowest BCUT2D eigenvalue weighted by Gasteiger charge is -2.08. The van der Waals surface area contributed by atoms with Crippen LogP contribution in [-0.2, 0) is 23.2 Å². The molecule has 0 aliphatic rings. The Balaban J connectivity index is 2.24. The van der Waals surface area contributed by atoms with E-state index in [-0.39, 0.29) is 27.9 Å². The van der Waals surface area contributed by atoms with Gasteiger partial charge in [0.25, 0.3) is 0 Å². The third-order valence-electron chi connectivity index (χ3n) is 2.49. The molecule has 2 aromatic rings. The fourth-order valence-electron chi connectivity index (χ4n) is 1.50. The first-order valence-electron chi connectivity index (χ1n) is 5.48. The van der Waals surface area contributed by atoms with E-state index in [0.717, 1.165) is 11.3 Å². The van der Waals surface area contributed by atoms with Gasteiger partial charge in [-0.25, -0.2) is 13.1 Å². The van der Waals surface area contributed by atoms with Crippen molar-refractivity contribution >= 4 is 33.0 Å². The monoisotopic (exact) mass is 334 g/mol. The van der Waals surface area contributed by atoms with Crippen molar-refractivity contribution in [3.05, 3.63) is 49.5 Å². The number of rotatable bonds is 5. The van der Waals surface area contributed by atoms with Gasteiger partial charge < -0.3 is 10.1 Å². The first-order valence-corrected chi connectivity index (χ1v) is 8.22. The van der Waals surface area contributed by atoms with Crippen LogP contribution in [0.15, 0.2) is 33.3 Å². The van der Waals surface area contributed by atoms with Crippen molar-refractivity contribution in [1.29, 1.82) is 0 Å². The number of benzene rings is 1. The lowest BCUT2D eigenvalue weighted by molar-refractivity contribution is 0.281. The van der Waals surface area contributed by atoms with Gasteiger partial charge >= 0.3 is 4.87 Å². The summed E-state index contributed by atoms with van der Waals surface area (Å²) in [5.74, 6) is 0. The van der Waals surface area contributed by atoms with E-state index < -0.39 is 10.0 Å². The lowest BCUT2D eigenvalue weighted by atomic mass is 10.2. The quantitative estimate of drug-likeness (QED) is 0.761. The highest BCUT2D eigenvalue weighted by molar-refractivity contribution is 7.89. The van der Waals surface area contributed by atoms with Crippen LogP contribution < -0.4 is 9.60 Å². The molecule has 0 fully saturated rings. The van der Waals surface area contributed by atoms with E-state index in [1.807, 2.05) is 0 Å². The van der Waals surface area contributed by atoms with Crippen LogP contribution in [0.3, 0.4) is 0 Å². The zero-order chi connectivity index (χ0) is 14.8. The Morgan fingerprint density at radius 1 is 1.40 bits per heavy atom. The summed E-state index contributed by atoms with van der Waals surface area (Å²) in [4.78, 5) is 13.1. The fourth-order valence-corrected chi connectivity index (χ4v) is 3.64. The van der Waals surface area contributed by atoms with Gasteiger partial charge in [-0.1, -0.05) is 29.0 Å². The van der Waals surface area contributed by atoms with Gasteiger partial charge in [0.15, 0.2) is 0 Å². The van der Waals surface area contributed by atoms with Crippen LogP contribution in [-0.4, -0.2) is 18.5 Å². The Morgan fingerprint density at radius 2 is 2.15 bits per heavy atom. The predicted octanol–water partition coefficient (Wildman–Crippen LogP) is 1.06. The molecule has 9 heteroatoms. The second kappa shape index (κ2) is 6.06. The summed E-state index contributed by atoms with van der Waals surface area (Å²) in [6, 6.07) is 4.26. The van der Waals surface area contributed by atoms with Crippen molar-refractivity contribution in [3.63, 3.8) is 0 Å². The molecule has 0 bridgehead atoms. The molecular formula is C11H11ClN2O4S2. The summed E-state index contributed by atoms with van der Waals surface area (Å²) in [5, 5.41) is 10.6. The molecule has 0 saturated carbocycles. The minimum absolute atomic E-state index is 0.0409. The van der Waals surface area contributed by atoms with E-state index >= 15 is 0 Å². The van der Waals surface area contributed by atoms with Gasteiger partial charge in [-0.2, -0.15) is 0 Å². The molecular weight excluding hydrogens is 324 g/mol. The van der Waals surface area contributed by atoms with E-state index in [4.69, 9.17) is 16.7 Å². The Labute approximate surface area is 124 Å². The summed E-state index contributed by atoms with van der Waals surface area (Å²) >= 11 is 6.82. The summed E-state index contributed by atoms with van der Waals surface area (Å²) in [7, 11) is -3.82. The number of hydrogen-bond acceptors (Lipinski definition) is 5. The van der Waals surface area contributed by atoms with E-state index in [2.05, 4.69) is 9.71 Å². The van der Waals surface area contributed by atoms with E-state index in [1.165, 1.54) is 23.6 Å². The third-order valence-corrected chi connectivity index (χ3v) is 5.09. The topological polar surface area (TPSA) is 99.3 Å². The van der Waals surface area contributed by atoms with Crippen molar-refractivity contribution in [3.8, 4) is 0 Å². The van der Waals surface area contributed by atoms with Crippen molar-refractivity contribution in [2.75, 3.05) is 0 Å². The van der Waals surface area contributed by atoms with E-state index in [1.54, 1.807) is 0 Å². The smallest absolute Gasteiger partial charge is 0.304 e. The second-order valence-corrected chi connectivity index (χ2v) is 6.91. The number of aliphatic hydroxyl groups is 1. The van der Waals surface area contributed by atoms with Crippen LogP contribution in [0.1, 0.15) is 11.3 Å². The second-order valence-electron chi connectivity index (χ2n) is 3.92. The number of aromatic nitrogens is 1. The average Bonchev–Trinajstić information content (AvgIpc) is 2.83. The van der Waals surface area contributed by atoms with Crippen molar-refractivity contribution in [2.45, 2.75) is 18.0 Å². The van der Waals surface area contributed by atoms with Crippen LogP contribution in [0.5, 0.6) is 0 Å². The molecule has 0 amide bonds. The third kappa shape index (κ3) is 3.47. The lowest BCUT2D eigenvalue weighted by Crippen LogP contribution is -2.24. The highest BCUT2D eigenvalue weighted by atomic mass is 35.5. The molecule has 6 nitrogen and oxygen atoms in total. The van der Waals surface area contributed by atoms with Gasteiger partial charge in [0, 0.05) is 11.1 Å². The predicted molar refractivity (Wildman–Crippen MR) is 76.3 cm³/mol. The highest BCUT2D eigenvalue weighted by Gasteiger charge is 2.18. The molecule has 2 rings (SSSR count). The Hall–Kier alpha value is -1.19. The minimum atomic E-state index is -3.82. The molecule has 0 unspecified atom stereocenters. The number of halogens is 1. The Kier molecular flexibility index (Phi) is 4.61. The molecule has 1 heterocycles. The number of aromatic amines is 1. The van der Waals surface area contributed by atoms with Gasteiger partial charge in [0.05, 0.1) is 18.2 Å². The molecule has 0 aliphatic heterocycles. The van der Waals surface area contributed by atoms with Gasteiger partial charge in [0.2, 0.25) is 10.0 Å². The van der Waals surface area contributed by atoms with Crippen LogP contribution in [0.25, 0.3) is 0 Å². The highest BCUT2D eigenvalue weighted by Crippen LogP contribution is 2.22. The molecule has 0 spiro atoms. The number of thiazole rings is 1. The molecule has 1 aromatic carbocycles. The zero-order valence-corrected chi connectivity index (χ0v) is 12.5.